The van der Waals surface area contributed by atoms with E-state index in [0.29, 0.717) is 18.9 Å². The lowest BCUT2D eigenvalue weighted by Crippen LogP contribution is -2.40. The van der Waals surface area contributed by atoms with Gasteiger partial charge in [0.05, 0.1) is 33.7 Å². The molecule has 1 heterocycles. The highest BCUT2D eigenvalue weighted by Crippen LogP contribution is 2.28. The number of halogens is 1. The van der Waals surface area contributed by atoms with Crippen LogP contribution in [0.15, 0.2) is 41.3 Å². The van der Waals surface area contributed by atoms with Gasteiger partial charge in [0.15, 0.2) is 5.11 Å². The van der Waals surface area contributed by atoms with E-state index in [-0.39, 0.29) is 45.2 Å². The third-order valence-corrected chi connectivity index (χ3v) is 6.71. The summed E-state index contributed by atoms with van der Waals surface area (Å²) in [5.41, 5.74) is 5.94. The molecule has 3 rings (SSSR count). The van der Waals surface area contributed by atoms with Crippen molar-refractivity contribution in [1.29, 1.82) is 0 Å². The zero-order valence-electron chi connectivity index (χ0n) is 15.5. The fourth-order valence-corrected chi connectivity index (χ4v) is 4.59. The number of nitrogens with two attached hydrogens (primary N) is 1. The SMILES string of the molecule is Nc1ccc(NC(=S)Nc2cc(S(=O)(=O)N3CCOCC3)ccc2Cl)cc1[N+](=O)[O-]. The zero-order valence-corrected chi connectivity index (χ0v) is 17.9. The molecular weight excluding hydrogens is 454 g/mol. The van der Waals surface area contributed by atoms with Gasteiger partial charge >= 0.3 is 0 Å². The summed E-state index contributed by atoms with van der Waals surface area (Å²) in [5.74, 6) is 0. The molecule has 1 aliphatic rings. The number of ether oxygens (including phenoxy) is 1. The van der Waals surface area contributed by atoms with Gasteiger partial charge in [0, 0.05) is 24.8 Å². The fourth-order valence-electron chi connectivity index (χ4n) is 2.76. The number of nitrogen functional groups attached to an aromatic ring is 1. The van der Waals surface area contributed by atoms with Crippen LogP contribution in [0.3, 0.4) is 0 Å². The molecule has 30 heavy (non-hydrogen) atoms. The summed E-state index contributed by atoms with van der Waals surface area (Å²) >= 11 is 11.4. The van der Waals surface area contributed by atoms with Gasteiger partial charge in [-0.3, -0.25) is 10.1 Å². The van der Waals surface area contributed by atoms with Crippen molar-refractivity contribution in [3.63, 3.8) is 0 Å². The van der Waals surface area contributed by atoms with Gasteiger partial charge in [-0.1, -0.05) is 11.6 Å². The van der Waals surface area contributed by atoms with Crippen LogP contribution >= 0.6 is 23.8 Å². The lowest BCUT2D eigenvalue weighted by Gasteiger charge is -2.26. The average molecular weight is 472 g/mol. The van der Waals surface area contributed by atoms with E-state index in [1.165, 1.54) is 40.7 Å². The lowest BCUT2D eigenvalue weighted by atomic mass is 10.2. The first-order chi connectivity index (χ1) is 14.2. The number of hydrogen-bond donors (Lipinski definition) is 3. The molecule has 1 aliphatic heterocycles. The molecule has 10 nitrogen and oxygen atoms in total. The molecule has 2 aromatic rings. The fraction of sp³-hybridized carbons (Fsp3) is 0.235. The van der Waals surface area contributed by atoms with Crippen LogP contribution in [0.1, 0.15) is 0 Å². The molecule has 2 aromatic carbocycles. The van der Waals surface area contributed by atoms with Gasteiger partial charge in [-0.25, -0.2) is 8.42 Å². The largest absolute Gasteiger partial charge is 0.393 e. The molecule has 0 aromatic heterocycles. The number of thiocarbonyl (C=S) groups is 1. The van der Waals surface area contributed by atoms with Crippen molar-refractivity contribution in [2.75, 3.05) is 42.7 Å². The van der Waals surface area contributed by atoms with E-state index >= 15 is 0 Å². The predicted octanol–water partition coefficient (Wildman–Crippen LogP) is 2.66. The Morgan fingerprint density at radius 3 is 2.57 bits per heavy atom. The van der Waals surface area contributed by atoms with Crippen molar-refractivity contribution in [3.05, 3.63) is 51.5 Å². The number of morpholine rings is 1. The van der Waals surface area contributed by atoms with Crippen LogP contribution in [0, 0.1) is 10.1 Å². The molecule has 0 saturated carbocycles. The van der Waals surface area contributed by atoms with Crippen molar-refractivity contribution in [2.24, 2.45) is 0 Å². The van der Waals surface area contributed by atoms with Crippen LogP contribution in [0.4, 0.5) is 22.7 Å². The van der Waals surface area contributed by atoms with Gasteiger partial charge in [0.25, 0.3) is 5.69 Å². The third-order valence-electron chi connectivity index (χ3n) is 4.28. The van der Waals surface area contributed by atoms with Gasteiger partial charge in [0.2, 0.25) is 10.0 Å². The monoisotopic (exact) mass is 471 g/mol. The first-order valence-corrected chi connectivity index (χ1v) is 10.9. The number of anilines is 3. The topological polar surface area (TPSA) is 140 Å². The highest BCUT2D eigenvalue weighted by Gasteiger charge is 2.27. The number of nitro groups is 1. The molecule has 1 fully saturated rings. The second-order valence-corrected chi connectivity index (χ2v) is 9.02. The number of rotatable bonds is 5. The Kier molecular flexibility index (Phi) is 6.73. The Morgan fingerprint density at radius 1 is 1.20 bits per heavy atom. The molecule has 0 bridgehead atoms. The smallest absolute Gasteiger partial charge is 0.294 e. The molecule has 0 unspecified atom stereocenters. The Balaban J connectivity index is 1.78. The van der Waals surface area contributed by atoms with E-state index in [4.69, 9.17) is 34.3 Å². The normalized spacial score (nSPS) is 14.8. The predicted molar refractivity (Wildman–Crippen MR) is 118 cm³/mol. The minimum atomic E-state index is -3.71. The summed E-state index contributed by atoms with van der Waals surface area (Å²) in [5, 5.41) is 16.9. The van der Waals surface area contributed by atoms with E-state index in [9.17, 15) is 18.5 Å². The summed E-state index contributed by atoms with van der Waals surface area (Å²) in [6.45, 7) is 1.20. The molecule has 1 saturated heterocycles. The number of nitrogens with one attached hydrogen (secondary N) is 2. The van der Waals surface area contributed by atoms with Crippen LogP contribution in [-0.2, 0) is 14.8 Å². The first kappa shape index (κ1) is 22.2. The Morgan fingerprint density at radius 2 is 1.90 bits per heavy atom. The first-order valence-electron chi connectivity index (χ1n) is 8.68. The number of hydrogen-bond acceptors (Lipinski definition) is 7. The van der Waals surface area contributed by atoms with Gasteiger partial charge in [-0.05, 0) is 42.5 Å². The average Bonchev–Trinajstić information content (AvgIpc) is 2.71. The standard InChI is InChI=1S/C17H18ClN5O5S2/c18-13-3-2-12(30(26,27)22-5-7-28-8-6-22)10-15(13)21-17(29)20-11-1-4-14(19)16(9-11)23(24)25/h1-4,9-10H,5-8,19H2,(H2,20,21,29). The van der Waals surface area contributed by atoms with E-state index in [0.717, 1.165) is 0 Å². The van der Waals surface area contributed by atoms with Crippen molar-refractivity contribution >= 4 is 61.7 Å². The molecular formula is C17H18ClN5O5S2. The summed E-state index contributed by atoms with van der Waals surface area (Å²) in [6.07, 6.45) is 0. The maximum absolute atomic E-state index is 12.8. The Hall–Kier alpha value is -2.51. The van der Waals surface area contributed by atoms with Gasteiger partial charge in [-0.2, -0.15) is 4.31 Å². The van der Waals surface area contributed by atoms with Crippen molar-refractivity contribution < 1.29 is 18.1 Å². The molecule has 4 N–H and O–H groups in total. The number of nitro benzene ring substituents is 1. The zero-order chi connectivity index (χ0) is 21.9. The van der Waals surface area contributed by atoms with E-state index < -0.39 is 14.9 Å². The van der Waals surface area contributed by atoms with Crippen molar-refractivity contribution in [3.8, 4) is 0 Å². The molecule has 0 radical (unpaired) electrons. The van der Waals surface area contributed by atoms with Crippen molar-refractivity contribution in [1.82, 2.24) is 4.31 Å². The molecule has 0 atom stereocenters. The maximum Gasteiger partial charge on any atom is 0.294 e. The number of nitrogens with zero attached hydrogens (tertiary/aromatic N) is 2. The van der Waals surface area contributed by atoms with Crippen LogP contribution in [0.25, 0.3) is 0 Å². The van der Waals surface area contributed by atoms with Crippen LogP contribution in [-0.4, -0.2) is 49.1 Å². The minimum absolute atomic E-state index is 0.0218. The van der Waals surface area contributed by atoms with Crippen molar-refractivity contribution in [2.45, 2.75) is 4.90 Å². The minimum Gasteiger partial charge on any atom is -0.393 e. The second-order valence-electron chi connectivity index (χ2n) is 6.27. The summed E-state index contributed by atoms with van der Waals surface area (Å²) in [7, 11) is -3.71. The second kappa shape index (κ2) is 9.10. The number of benzene rings is 2. The van der Waals surface area contributed by atoms with E-state index in [1.807, 2.05) is 0 Å². The summed E-state index contributed by atoms with van der Waals surface area (Å²) in [4.78, 5) is 10.5. The maximum atomic E-state index is 12.8. The quantitative estimate of drug-likeness (QED) is 0.260. The molecule has 0 amide bonds. The highest BCUT2D eigenvalue weighted by molar-refractivity contribution is 7.89. The van der Waals surface area contributed by atoms with E-state index in [2.05, 4.69) is 10.6 Å². The van der Waals surface area contributed by atoms with Gasteiger partial charge < -0.3 is 21.1 Å². The summed E-state index contributed by atoms with van der Waals surface area (Å²) in [6, 6.07) is 8.39. The Bertz CT molecular complexity index is 1090. The van der Waals surface area contributed by atoms with Gasteiger partial charge in [0.1, 0.15) is 5.69 Å². The summed E-state index contributed by atoms with van der Waals surface area (Å²) < 4.78 is 32.2. The van der Waals surface area contributed by atoms with Crippen LogP contribution in [0.5, 0.6) is 0 Å². The lowest BCUT2D eigenvalue weighted by molar-refractivity contribution is -0.383. The number of sulfonamides is 1. The molecule has 160 valence electrons. The van der Waals surface area contributed by atoms with Crippen LogP contribution < -0.4 is 16.4 Å². The molecule has 13 heteroatoms. The highest BCUT2D eigenvalue weighted by atomic mass is 35.5. The van der Waals surface area contributed by atoms with Crippen LogP contribution in [0.2, 0.25) is 5.02 Å². The Labute approximate surface area is 183 Å². The molecule has 0 aliphatic carbocycles. The molecule has 0 spiro atoms. The third kappa shape index (κ3) is 4.96. The van der Waals surface area contributed by atoms with E-state index in [1.54, 1.807) is 0 Å². The van der Waals surface area contributed by atoms with Gasteiger partial charge in [-0.15, -0.1) is 0 Å².